The van der Waals surface area contributed by atoms with Gasteiger partial charge in [-0.1, -0.05) is 12.1 Å². The maximum atomic E-state index is 12.0. The number of carbonyl (C=O) groups excluding carboxylic acids is 1. The van der Waals surface area contributed by atoms with Gasteiger partial charge < -0.3 is 5.32 Å². The lowest BCUT2D eigenvalue weighted by atomic mass is 10.1. The van der Waals surface area contributed by atoms with Gasteiger partial charge in [-0.15, -0.1) is 11.8 Å². The van der Waals surface area contributed by atoms with Crippen LogP contribution in [-0.4, -0.2) is 11.7 Å². The van der Waals surface area contributed by atoms with Crippen molar-refractivity contribution in [2.45, 2.75) is 18.7 Å². The van der Waals surface area contributed by atoms with E-state index in [9.17, 15) is 4.79 Å². The summed E-state index contributed by atoms with van der Waals surface area (Å²) in [7, 11) is 0. The average Bonchev–Trinajstić information content (AvgIpc) is 2.50. The van der Waals surface area contributed by atoms with Crippen LogP contribution in [-0.2, 0) is 4.79 Å². The van der Waals surface area contributed by atoms with E-state index in [1.54, 1.807) is 12.1 Å². The number of aryl methyl sites for hydroxylation is 1. The van der Waals surface area contributed by atoms with Gasteiger partial charge in [0.05, 0.1) is 17.4 Å². The van der Waals surface area contributed by atoms with Gasteiger partial charge in [0, 0.05) is 10.6 Å². The van der Waals surface area contributed by atoms with Crippen LogP contribution in [0.2, 0.25) is 0 Å². The number of hydrogen-bond acceptors (Lipinski definition) is 3. The number of nitriles is 1. The molecule has 4 heteroatoms. The average molecular weight is 296 g/mol. The van der Waals surface area contributed by atoms with E-state index in [-0.39, 0.29) is 5.91 Å². The first-order valence-electron chi connectivity index (χ1n) is 6.59. The fourth-order valence-electron chi connectivity index (χ4n) is 1.85. The summed E-state index contributed by atoms with van der Waals surface area (Å²) < 4.78 is 0. The number of rotatable bonds is 4. The Bertz CT molecular complexity index is 687. The van der Waals surface area contributed by atoms with Gasteiger partial charge in [-0.05, 0) is 55.3 Å². The fourth-order valence-corrected chi connectivity index (χ4v) is 2.55. The number of anilines is 1. The molecule has 0 saturated heterocycles. The monoisotopic (exact) mass is 296 g/mol. The Labute approximate surface area is 129 Å². The normalized spacial score (nSPS) is 9.95. The molecule has 0 aliphatic carbocycles. The van der Waals surface area contributed by atoms with Crippen molar-refractivity contribution in [3.05, 3.63) is 59.2 Å². The first kappa shape index (κ1) is 15.1. The van der Waals surface area contributed by atoms with E-state index in [2.05, 4.69) is 11.4 Å². The summed E-state index contributed by atoms with van der Waals surface area (Å²) in [6.07, 6.45) is 0. The molecule has 1 N–H and O–H groups in total. The SMILES string of the molecule is Cc1cccc(NC(=O)CSc2ccc(C#N)cc2)c1C. The van der Waals surface area contributed by atoms with Crippen LogP contribution in [0.15, 0.2) is 47.4 Å². The van der Waals surface area contributed by atoms with E-state index in [0.29, 0.717) is 11.3 Å². The van der Waals surface area contributed by atoms with Crippen molar-refractivity contribution >= 4 is 23.4 Å². The van der Waals surface area contributed by atoms with Gasteiger partial charge in [-0.3, -0.25) is 4.79 Å². The Kier molecular flexibility index (Phi) is 5.02. The summed E-state index contributed by atoms with van der Waals surface area (Å²) in [6.45, 7) is 4.02. The molecule has 0 radical (unpaired) electrons. The highest BCUT2D eigenvalue weighted by Crippen LogP contribution is 2.21. The van der Waals surface area contributed by atoms with E-state index < -0.39 is 0 Å². The maximum absolute atomic E-state index is 12.0. The van der Waals surface area contributed by atoms with Crippen molar-refractivity contribution in [3.63, 3.8) is 0 Å². The number of benzene rings is 2. The Morgan fingerprint density at radius 3 is 2.57 bits per heavy atom. The summed E-state index contributed by atoms with van der Waals surface area (Å²) in [6, 6.07) is 15.2. The Balaban J connectivity index is 1.93. The van der Waals surface area contributed by atoms with Crippen molar-refractivity contribution in [2.75, 3.05) is 11.1 Å². The second-order valence-corrected chi connectivity index (χ2v) is 5.77. The smallest absolute Gasteiger partial charge is 0.234 e. The fraction of sp³-hybridized carbons (Fsp3) is 0.176. The molecule has 2 rings (SSSR count). The van der Waals surface area contributed by atoms with Gasteiger partial charge in [-0.25, -0.2) is 0 Å². The molecule has 0 spiro atoms. The lowest BCUT2D eigenvalue weighted by molar-refractivity contribution is -0.113. The lowest BCUT2D eigenvalue weighted by Crippen LogP contribution is -2.15. The molecule has 0 heterocycles. The summed E-state index contributed by atoms with van der Waals surface area (Å²) >= 11 is 1.46. The van der Waals surface area contributed by atoms with Gasteiger partial charge in [0.1, 0.15) is 0 Å². The molecule has 2 aromatic rings. The van der Waals surface area contributed by atoms with Crippen LogP contribution in [0.5, 0.6) is 0 Å². The van der Waals surface area contributed by atoms with Crippen molar-refractivity contribution in [2.24, 2.45) is 0 Å². The van der Waals surface area contributed by atoms with Crippen LogP contribution in [0.4, 0.5) is 5.69 Å². The van der Waals surface area contributed by atoms with Crippen LogP contribution < -0.4 is 5.32 Å². The van der Waals surface area contributed by atoms with E-state index in [0.717, 1.165) is 21.7 Å². The van der Waals surface area contributed by atoms with Crippen molar-refractivity contribution in [3.8, 4) is 6.07 Å². The first-order chi connectivity index (χ1) is 10.1. The van der Waals surface area contributed by atoms with E-state index in [1.165, 1.54) is 11.8 Å². The first-order valence-corrected chi connectivity index (χ1v) is 7.58. The second-order valence-electron chi connectivity index (χ2n) is 4.72. The number of carbonyl (C=O) groups is 1. The van der Waals surface area contributed by atoms with Gasteiger partial charge in [0.2, 0.25) is 5.91 Å². The molecule has 0 atom stereocenters. The third kappa shape index (κ3) is 4.11. The molecular weight excluding hydrogens is 280 g/mol. The van der Waals surface area contributed by atoms with Crippen LogP contribution in [0.3, 0.4) is 0 Å². The number of nitrogens with zero attached hydrogens (tertiary/aromatic N) is 1. The Hall–Kier alpha value is -2.25. The van der Waals surface area contributed by atoms with Crippen molar-refractivity contribution < 1.29 is 4.79 Å². The van der Waals surface area contributed by atoms with Crippen molar-refractivity contribution in [1.82, 2.24) is 0 Å². The maximum Gasteiger partial charge on any atom is 0.234 e. The molecule has 1 amide bonds. The summed E-state index contributed by atoms with van der Waals surface area (Å²) in [5.41, 5.74) is 3.74. The van der Waals surface area contributed by atoms with Gasteiger partial charge in [0.25, 0.3) is 0 Å². The second kappa shape index (κ2) is 6.96. The van der Waals surface area contributed by atoms with E-state index >= 15 is 0 Å². The van der Waals surface area contributed by atoms with Crippen LogP contribution >= 0.6 is 11.8 Å². The number of amides is 1. The number of thioether (sulfide) groups is 1. The third-order valence-corrected chi connectivity index (χ3v) is 4.24. The van der Waals surface area contributed by atoms with Gasteiger partial charge >= 0.3 is 0 Å². The topological polar surface area (TPSA) is 52.9 Å². The van der Waals surface area contributed by atoms with Crippen LogP contribution in [0.25, 0.3) is 0 Å². The van der Waals surface area contributed by atoms with Crippen molar-refractivity contribution in [1.29, 1.82) is 5.26 Å². The molecule has 0 bridgehead atoms. The number of hydrogen-bond donors (Lipinski definition) is 1. The molecule has 0 aromatic heterocycles. The molecule has 3 nitrogen and oxygen atoms in total. The minimum Gasteiger partial charge on any atom is -0.325 e. The lowest BCUT2D eigenvalue weighted by Gasteiger charge is -2.10. The molecule has 0 saturated carbocycles. The largest absolute Gasteiger partial charge is 0.325 e. The third-order valence-electron chi connectivity index (χ3n) is 3.23. The highest BCUT2D eigenvalue weighted by Gasteiger charge is 2.06. The van der Waals surface area contributed by atoms with Crippen LogP contribution in [0, 0.1) is 25.2 Å². The Morgan fingerprint density at radius 2 is 1.90 bits per heavy atom. The highest BCUT2D eigenvalue weighted by atomic mass is 32.2. The molecule has 0 unspecified atom stereocenters. The molecular formula is C17H16N2OS. The molecule has 0 aliphatic heterocycles. The predicted octanol–water partition coefficient (Wildman–Crippen LogP) is 3.91. The summed E-state index contributed by atoms with van der Waals surface area (Å²) in [5.74, 6) is 0.317. The standard InChI is InChI=1S/C17H16N2OS/c1-12-4-3-5-16(13(12)2)19-17(20)11-21-15-8-6-14(10-18)7-9-15/h3-9H,11H2,1-2H3,(H,19,20). The number of nitrogens with one attached hydrogen (secondary N) is 1. The quantitative estimate of drug-likeness (QED) is 0.870. The van der Waals surface area contributed by atoms with E-state index in [1.807, 2.05) is 44.2 Å². The minimum absolute atomic E-state index is 0.0296. The zero-order valence-electron chi connectivity index (χ0n) is 12.0. The van der Waals surface area contributed by atoms with Gasteiger partial charge in [0.15, 0.2) is 0 Å². The summed E-state index contributed by atoms with van der Waals surface area (Å²) in [4.78, 5) is 13.0. The molecule has 21 heavy (non-hydrogen) atoms. The summed E-state index contributed by atoms with van der Waals surface area (Å²) in [5, 5.41) is 11.7. The zero-order chi connectivity index (χ0) is 15.2. The van der Waals surface area contributed by atoms with E-state index in [4.69, 9.17) is 5.26 Å². The molecule has 2 aromatic carbocycles. The predicted molar refractivity (Wildman–Crippen MR) is 86.4 cm³/mol. The van der Waals surface area contributed by atoms with Crippen LogP contribution in [0.1, 0.15) is 16.7 Å². The Morgan fingerprint density at radius 1 is 1.19 bits per heavy atom. The van der Waals surface area contributed by atoms with Gasteiger partial charge in [-0.2, -0.15) is 5.26 Å². The zero-order valence-corrected chi connectivity index (χ0v) is 12.8. The minimum atomic E-state index is -0.0296. The molecule has 0 aliphatic rings. The molecule has 106 valence electrons. The molecule has 0 fully saturated rings. The highest BCUT2D eigenvalue weighted by molar-refractivity contribution is 8.00.